The van der Waals surface area contributed by atoms with Crippen molar-refractivity contribution in [2.45, 2.75) is 56.4 Å². The maximum Gasteiger partial charge on any atom is 0.178 e. The molecule has 0 aliphatic heterocycles. The molecule has 0 spiro atoms. The second-order valence-electron chi connectivity index (χ2n) is 6.42. The molecule has 1 fully saturated rings. The van der Waals surface area contributed by atoms with Crippen LogP contribution in [0.4, 0.5) is 0 Å². The molecule has 0 aromatic heterocycles. The van der Waals surface area contributed by atoms with Gasteiger partial charge in [-0.3, -0.25) is 0 Å². The summed E-state index contributed by atoms with van der Waals surface area (Å²) in [5.74, 6) is 1.19. The van der Waals surface area contributed by atoms with E-state index in [1.165, 1.54) is 18.4 Å². The van der Waals surface area contributed by atoms with Crippen molar-refractivity contribution >= 4 is 9.84 Å². The van der Waals surface area contributed by atoms with E-state index in [1.807, 2.05) is 19.2 Å². The lowest BCUT2D eigenvalue weighted by atomic mass is 10.0. The van der Waals surface area contributed by atoms with Crippen LogP contribution in [0, 0.1) is 5.92 Å². The molecule has 2 unspecified atom stereocenters. The fourth-order valence-electron chi connectivity index (χ4n) is 3.25. The number of benzene rings is 1. The molecule has 0 saturated heterocycles. The Bertz CT molecular complexity index is 549. The molecule has 3 nitrogen and oxygen atoms in total. The molecule has 1 N–H and O–H groups in total. The monoisotopic (exact) mass is 309 g/mol. The minimum absolute atomic E-state index is 0.261. The van der Waals surface area contributed by atoms with Crippen molar-refractivity contribution in [3.63, 3.8) is 0 Å². The van der Waals surface area contributed by atoms with Crippen LogP contribution in [0.2, 0.25) is 0 Å². The van der Waals surface area contributed by atoms with Crippen molar-refractivity contribution in [2.24, 2.45) is 5.92 Å². The molecule has 1 saturated carbocycles. The first-order valence-corrected chi connectivity index (χ1v) is 9.59. The summed E-state index contributed by atoms with van der Waals surface area (Å²) in [6, 6.07) is 7.88. The SMILES string of the molecule is CNC1CCCC1CCS(=O)(=O)c1ccc(C(C)C)cc1. The molecule has 1 aliphatic carbocycles. The highest BCUT2D eigenvalue weighted by Crippen LogP contribution is 2.29. The van der Waals surface area contributed by atoms with E-state index in [0.717, 1.165) is 12.8 Å². The third-order valence-corrected chi connectivity index (χ3v) is 6.46. The summed E-state index contributed by atoms with van der Waals surface area (Å²) >= 11 is 0. The van der Waals surface area contributed by atoms with E-state index in [9.17, 15) is 8.42 Å². The average molecular weight is 309 g/mol. The van der Waals surface area contributed by atoms with Gasteiger partial charge in [0.1, 0.15) is 0 Å². The maximum atomic E-state index is 12.4. The largest absolute Gasteiger partial charge is 0.317 e. The van der Waals surface area contributed by atoms with Crippen LogP contribution in [-0.4, -0.2) is 27.3 Å². The standard InChI is InChI=1S/C17H27NO2S/c1-13(2)14-7-9-16(10-8-14)21(19,20)12-11-15-5-4-6-17(15)18-3/h7-10,13,15,17-18H,4-6,11-12H2,1-3H3. The zero-order chi connectivity index (χ0) is 15.5. The lowest BCUT2D eigenvalue weighted by Gasteiger charge is -2.18. The van der Waals surface area contributed by atoms with Gasteiger partial charge >= 0.3 is 0 Å². The topological polar surface area (TPSA) is 46.2 Å². The van der Waals surface area contributed by atoms with E-state index in [4.69, 9.17) is 0 Å². The fourth-order valence-corrected chi connectivity index (χ4v) is 4.65. The number of hydrogen-bond donors (Lipinski definition) is 1. The summed E-state index contributed by atoms with van der Waals surface area (Å²) in [6.45, 7) is 4.23. The minimum Gasteiger partial charge on any atom is -0.317 e. The highest BCUT2D eigenvalue weighted by atomic mass is 32.2. The lowest BCUT2D eigenvalue weighted by molar-refractivity contribution is 0.414. The van der Waals surface area contributed by atoms with Crippen molar-refractivity contribution in [3.8, 4) is 0 Å². The Morgan fingerprint density at radius 2 is 1.86 bits per heavy atom. The van der Waals surface area contributed by atoms with Crippen molar-refractivity contribution in [3.05, 3.63) is 29.8 Å². The molecular weight excluding hydrogens is 282 g/mol. The van der Waals surface area contributed by atoms with E-state index in [0.29, 0.717) is 22.8 Å². The van der Waals surface area contributed by atoms with E-state index in [1.54, 1.807) is 12.1 Å². The van der Waals surface area contributed by atoms with Gasteiger partial charge in [0.25, 0.3) is 0 Å². The van der Waals surface area contributed by atoms with Gasteiger partial charge in [-0.1, -0.05) is 32.4 Å². The van der Waals surface area contributed by atoms with Crippen LogP contribution < -0.4 is 5.32 Å². The summed E-state index contributed by atoms with van der Waals surface area (Å²) in [5, 5.41) is 3.32. The summed E-state index contributed by atoms with van der Waals surface area (Å²) in [4.78, 5) is 0.464. The highest BCUT2D eigenvalue weighted by Gasteiger charge is 2.27. The molecule has 1 aromatic carbocycles. The fraction of sp³-hybridized carbons (Fsp3) is 0.647. The van der Waals surface area contributed by atoms with Gasteiger partial charge in [-0.25, -0.2) is 8.42 Å². The lowest BCUT2D eigenvalue weighted by Crippen LogP contribution is -2.30. The van der Waals surface area contributed by atoms with Crippen molar-refractivity contribution in [2.75, 3.05) is 12.8 Å². The van der Waals surface area contributed by atoms with Gasteiger partial charge in [0.15, 0.2) is 9.84 Å². The van der Waals surface area contributed by atoms with Crippen LogP contribution in [0.15, 0.2) is 29.2 Å². The number of sulfone groups is 1. The molecule has 118 valence electrons. The van der Waals surface area contributed by atoms with E-state index >= 15 is 0 Å². The second-order valence-corrected chi connectivity index (χ2v) is 8.53. The van der Waals surface area contributed by atoms with Crippen molar-refractivity contribution in [1.29, 1.82) is 0 Å². The van der Waals surface area contributed by atoms with Gasteiger partial charge in [0, 0.05) is 6.04 Å². The summed E-state index contributed by atoms with van der Waals surface area (Å²) in [6.07, 6.45) is 4.29. The van der Waals surface area contributed by atoms with Crippen LogP contribution in [0.1, 0.15) is 51.0 Å². The molecular formula is C17H27NO2S. The molecule has 1 aromatic rings. The van der Waals surface area contributed by atoms with Crippen LogP contribution in [0.3, 0.4) is 0 Å². The smallest absolute Gasteiger partial charge is 0.178 e. The summed E-state index contributed by atoms with van der Waals surface area (Å²) < 4.78 is 24.9. The summed E-state index contributed by atoms with van der Waals surface area (Å²) in [7, 11) is -1.18. The molecule has 0 bridgehead atoms. The second kappa shape index (κ2) is 6.93. The zero-order valence-corrected chi connectivity index (χ0v) is 14.1. The quantitative estimate of drug-likeness (QED) is 0.876. The van der Waals surface area contributed by atoms with Gasteiger partial charge in [-0.2, -0.15) is 0 Å². The maximum absolute atomic E-state index is 12.4. The molecule has 2 atom stereocenters. The van der Waals surface area contributed by atoms with Gasteiger partial charge in [0.05, 0.1) is 10.6 Å². The van der Waals surface area contributed by atoms with E-state index < -0.39 is 9.84 Å². The minimum atomic E-state index is -3.15. The average Bonchev–Trinajstić information content (AvgIpc) is 2.93. The normalized spacial score (nSPS) is 22.9. The Morgan fingerprint density at radius 1 is 1.19 bits per heavy atom. The number of nitrogens with one attached hydrogen (secondary N) is 1. The third-order valence-electron chi connectivity index (χ3n) is 4.69. The third kappa shape index (κ3) is 4.07. The van der Waals surface area contributed by atoms with Gasteiger partial charge in [0.2, 0.25) is 0 Å². The predicted octanol–water partition coefficient (Wildman–Crippen LogP) is 3.36. The first kappa shape index (κ1) is 16.5. The first-order chi connectivity index (χ1) is 9.94. The molecule has 0 heterocycles. The van der Waals surface area contributed by atoms with Crippen LogP contribution >= 0.6 is 0 Å². The molecule has 0 radical (unpaired) electrons. The Labute approximate surface area is 129 Å². The van der Waals surface area contributed by atoms with Crippen molar-refractivity contribution in [1.82, 2.24) is 5.32 Å². The molecule has 0 amide bonds. The summed E-state index contributed by atoms with van der Waals surface area (Å²) in [5.41, 5.74) is 1.18. The molecule has 4 heteroatoms. The Kier molecular flexibility index (Phi) is 5.44. The van der Waals surface area contributed by atoms with E-state index in [-0.39, 0.29) is 5.75 Å². The van der Waals surface area contributed by atoms with E-state index in [2.05, 4.69) is 19.2 Å². The Hall–Kier alpha value is -0.870. The van der Waals surface area contributed by atoms with Crippen LogP contribution in [0.25, 0.3) is 0 Å². The van der Waals surface area contributed by atoms with Gasteiger partial charge < -0.3 is 5.32 Å². The highest BCUT2D eigenvalue weighted by molar-refractivity contribution is 7.91. The Balaban J connectivity index is 2.01. The molecule has 2 rings (SSSR count). The molecule has 21 heavy (non-hydrogen) atoms. The Morgan fingerprint density at radius 3 is 2.43 bits per heavy atom. The predicted molar refractivity (Wildman–Crippen MR) is 87.4 cm³/mol. The van der Waals surface area contributed by atoms with Crippen molar-refractivity contribution < 1.29 is 8.42 Å². The van der Waals surface area contributed by atoms with Gasteiger partial charge in [-0.15, -0.1) is 0 Å². The van der Waals surface area contributed by atoms with Crippen LogP contribution in [-0.2, 0) is 9.84 Å². The number of hydrogen-bond acceptors (Lipinski definition) is 3. The van der Waals surface area contributed by atoms with Gasteiger partial charge in [-0.05, 0) is 55.8 Å². The number of rotatable bonds is 6. The van der Waals surface area contributed by atoms with Crippen LogP contribution in [0.5, 0.6) is 0 Å². The first-order valence-electron chi connectivity index (χ1n) is 7.94. The molecule has 1 aliphatic rings. The zero-order valence-electron chi connectivity index (χ0n) is 13.3.